The third-order valence-electron chi connectivity index (χ3n) is 14.6. The number of esters is 2. The number of carbonyl (C=O) groups excluding carboxylic acids is 2. The lowest BCUT2D eigenvalue weighted by Gasteiger charge is -2.63. The average Bonchev–Trinajstić information content (AvgIpc) is 3.46. The molecule has 8 saturated heterocycles. The molecule has 1 aromatic rings. The third-order valence-corrected chi connectivity index (χ3v) is 14.6. The van der Waals surface area contributed by atoms with Gasteiger partial charge in [-0.3, -0.25) is 9.59 Å². The fraction of sp³-hybridized carbons (Fsp3) is 0.795. The van der Waals surface area contributed by atoms with E-state index in [9.17, 15) is 9.59 Å². The van der Waals surface area contributed by atoms with Crippen molar-refractivity contribution in [3.8, 4) is 0 Å². The Balaban J connectivity index is 1.11. The fourth-order valence-electron chi connectivity index (χ4n) is 12.0. The van der Waals surface area contributed by atoms with Crippen molar-refractivity contribution in [3.63, 3.8) is 0 Å². The number of hydrogen-bond donors (Lipinski definition) is 0. The van der Waals surface area contributed by atoms with E-state index in [-0.39, 0.29) is 42.0 Å². The van der Waals surface area contributed by atoms with Gasteiger partial charge in [0.25, 0.3) is 0 Å². The predicted molar refractivity (Wildman–Crippen MR) is 172 cm³/mol. The minimum absolute atomic E-state index is 0.0848. The SMILES string of the molecule is CC1CCC2C(CC3(CCCCc4ccccc4)C(=O)OC4OC5(C)CCC6C(C)CCC3C46OO5)C(=O)OC3OC4(C)CCC1C32OO4. The molecule has 268 valence electrons. The topological polar surface area (TPSA) is 108 Å². The first-order valence-corrected chi connectivity index (χ1v) is 19.1. The van der Waals surface area contributed by atoms with Crippen molar-refractivity contribution >= 4 is 11.9 Å². The van der Waals surface area contributed by atoms with Crippen LogP contribution in [-0.2, 0) is 54.5 Å². The highest BCUT2D eigenvalue weighted by Crippen LogP contribution is 2.67. The molecule has 14 unspecified atom stereocenters. The van der Waals surface area contributed by atoms with Gasteiger partial charge in [0.05, 0.1) is 11.3 Å². The van der Waals surface area contributed by atoms with Crippen LogP contribution < -0.4 is 0 Å². The Hall–Kier alpha value is -2.08. The largest absolute Gasteiger partial charge is 0.432 e. The molecule has 2 saturated carbocycles. The van der Waals surface area contributed by atoms with Gasteiger partial charge >= 0.3 is 11.9 Å². The highest BCUT2D eigenvalue weighted by Gasteiger charge is 2.76. The molecular weight excluding hydrogens is 628 g/mol. The van der Waals surface area contributed by atoms with Crippen LogP contribution in [0.15, 0.2) is 30.3 Å². The number of rotatable bonds is 7. The molecule has 10 heteroatoms. The highest BCUT2D eigenvalue weighted by atomic mass is 17.3. The molecule has 49 heavy (non-hydrogen) atoms. The van der Waals surface area contributed by atoms with Crippen LogP contribution in [0, 0.1) is 46.8 Å². The number of unbranched alkanes of at least 4 members (excludes halogenated alkanes) is 1. The van der Waals surface area contributed by atoms with Gasteiger partial charge in [-0.15, -0.1) is 0 Å². The lowest BCUT2D eigenvalue weighted by atomic mass is 9.49. The van der Waals surface area contributed by atoms with Gasteiger partial charge in [-0.2, -0.15) is 0 Å². The van der Waals surface area contributed by atoms with Crippen LogP contribution in [0.2, 0.25) is 0 Å². The molecule has 10 fully saturated rings. The first kappa shape index (κ1) is 32.8. The molecule has 0 amide bonds. The summed E-state index contributed by atoms with van der Waals surface area (Å²) in [6, 6.07) is 10.5. The van der Waals surface area contributed by atoms with E-state index in [1.165, 1.54) is 5.56 Å². The molecule has 0 aromatic heterocycles. The minimum atomic E-state index is -1.02. The third kappa shape index (κ3) is 4.72. The summed E-state index contributed by atoms with van der Waals surface area (Å²) >= 11 is 0. The normalized spacial score (nSPS) is 51.1. The zero-order valence-corrected chi connectivity index (χ0v) is 29.4. The first-order chi connectivity index (χ1) is 23.5. The van der Waals surface area contributed by atoms with Crippen molar-refractivity contribution in [1.29, 1.82) is 0 Å². The molecule has 8 aliphatic heterocycles. The van der Waals surface area contributed by atoms with E-state index in [2.05, 4.69) is 38.1 Å². The second kappa shape index (κ2) is 11.5. The van der Waals surface area contributed by atoms with Crippen LogP contribution in [0.25, 0.3) is 0 Å². The zero-order chi connectivity index (χ0) is 33.8. The van der Waals surface area contributed by atoms with Gasteiger partial charge < -0.3 is 18.9 Å². The van der Waals surface area contributed by atoms with E-state index in [1.807, 2.05) is 19.9 Å². The van der Waals surface area contributed by atoms with E-state index in [0.29, 0.717) is 31.1 Å². The van der Waals surface area contributed by atoms with Crippen molar-refractivity contribution in [2.45, 2.75) is 147 Å². The van der Waals surface area contributed by atoms with Crippen LogP contribution in [0.5, 0.6) is 0 Å². The number of benzene rings is 1. The van der Waals surface area contributed by atoms with Crippen molar-refractivity contribution in [2.75, 3.05) is 0 Å². The lowest BCUT2D eigenvalue weighted by molar-refractivity contribution is -0.564. The van der Waals surface area contributed by atoms with Crippen LogP contribution in [0.1, 0.15) is 110 Å². The van der Waals surface area contributed by atoms with Gasteiger partial charge in [-0.25, -0.2) is 19.6 Å². The molecule has 8 heterocycles. The summed E-state index contributed by atoms with van der Waals surface area (Å²) in [5.74, 6) is -2.78. The lowest BCUT2D eigenvalue weighted by Crippen LogP contribution is -2.74. The van der Waals surface area contributed by atoms with E-state index >= 15 is 0 Å². The average molecular weight is 681 g/mol. The molecule has 4 bridgehead atoms. The van der Waals surface area contributed by atoms with Crippen molar-refractivity contribution in [2.24, 2.45) is 46.8 Å². The molecule has 10 nitrogen and oxygen atoms in total. The molecule has 1 aromatic carbocycles. The Labute approximate surface area is 289 Å². The van der Waals surface area contributed by atoms with Gasteiger partial charge in [0.2, 0.25) is 24.2 Å². The van der Waals surface area contributed by atoms with Crippen molar-refractivity contribution in [1.82, 2.24) is 0 Å². The molecule has 10 aliphatic rings. The molecule has 0 N–H and O–H groups in total. The smallest absolute Gasteiger partial charge is 0.314 e. The maximum atomic E-state index is 14.9. The number of fused-ring (bicyclic) bond motifs is 4. The summed E-state index contributed by atoms with van der Waals surface area (Å²) in [6.07, 6.45) is 8.22. The van der Waals surface area contributed by atoms with Crippen LogP contribution in [-0.4, -0.2) is 47.3 Å². The highest BCUT2D eigenvalue weighted by molar-refractivity contribution is 5.81. The number of hydrogen-bond acceptors (Lipinski definition) is 10. The monoisotopic (exact) mass is 680 g/mol. The van der Waals surface area contributed by atoms with Gasteiger partial charge in [-0.1, -0.05) is 50.6 Å². The molecule has 11 rings (SSSR count). The van der Waals surface area contributed by atoms with Gasteiger partial charge in [-0.05, 0) is 95.5 Å². The Morgan fingerprint density at radius 1 is 0.694 bits per heavy atom. The standard InChI is InChI=1S/C39H52O10/c1-23-13-15-29-26(31(40)42-33-38(29)27(23)17-20-35(3,44-33)46-48-38)22-37(19-9-8-12-25-10-6-5-7-11-25)30-16-14-24(2)28-18-21-36(4)45-34(43-32(37)41)39(28,30)49-47-36/h5-7,10-11,23-24,26-30,33-34H,8-9,12-22H2,1-4H3. The summed E-state index contributed by atoms with van der Waals surface area (Å²) in [5.41, 5.74) is -1.63. The molecule has 2 spiro atoms. The zero-order valence-electron chi connectivity index (χ0n) is 29.4. The molecule has 14 atom stereocenters. The van der Waals surface area contributed by atoms with E-state index in [4.69, 9.17) is 38.5 Å². The Kier molecular flexibility index (Phi) is 7.67. The van der Waals surface area contributed by atoms with E-state index < -0.39 is 46.7 Å². The van der Waals surface area contributed by atoms with Gasteiger partial charge in [0.15, 0.2) is 11.2 Å². The molecular formula is C39H52O10. The first-order valence-electron chi connectivity index (χ1n) is 19.1. The minimum Gasteiger partial charge on any atom is -0.432 e. The Morgan fingerprint density at radius 2 is 1.33 bits per heavy atom. The number of aryl methyl sites for hydroxylation is 1. The maximum Gasteiger partial charge on any atom is 0.314 e. The van der Waals surface area contributed by atoms with Crippen LogP contribution in [0.3, 0.4) is 0 Å². The molecule has 2 aliphatic carbocycles. The Morgan fingerprint density at radius 3 is 2.04 bits per heavy atom. The van der Waals surface area contributed by atoms with E-state index in [1.54, 1.807) is 0 Å². The van der Waals surface area contributed by atoms with Crippen LogP contribution in [0.4, 0.5) is 0 Å². The van der Waals surface area contributed by atoms with Crippen molar-refractivity contribution in [3.05, 3.63) is 35.9 Å². The summed E-state index contributed by atoms with van der Waals surface area (Å²) in [5, 5.41) is 0. The van der Waals surface area contributed by atoms with Crippen molar-refractivity contribution < 1.29 is 48.1 Å². The number of carbonyl (C=O) groups is 2. The number of ether oxygens (including phenoxy) is 4. The predicted octanol–water partition coefficient (Wildman–Crippen LogP) is 6.94. The summed E-state index contributed by atoms with van der Waals surface area (Å²) in [6.45, 7) is 8.27. The van der Waals surface area contributed by atoms with Crippen LogP contribution >= 0.6 is 0 Å². The summed E-state index contributed by atoms with van der Waals surface area (Å²) < 4.78 is 25.7. The second-order valence-corrected chi connectivity index (χ2v) is 17.3. The van der Waals surface area contributed by atoms with Gasteiger partial charge in [0.1, 0.15) is 0 Å². The fourth-order valence-corrected chi connectivity index (χ4v) is 12.0. The van der Waals surface area contributed by atoms with E-state index in [0.717, 1.165) is 57.8 Å². The summed E-state index contributed by atoms with van der Waals surface area (Å²) in [4.78, 5) is 54.5. The molecule has 0 radical (unpaired) electrons. The summed E-state index contributed by atoms with van der Waals surface area (Å²) in [7, 11) is 0. The van der Waals surface area contributed by atoms with Gasteiger partial charge in [0, 0.05) is 36.5 Å². The maximum absolute atomic E-state index is 14.9. The quantitative estimate of drug-likeness (QED) is 0.171. The second-order valence-electron chi connectivity index (χ2n) is 17.3. The Bertz CT molecular complexity index is 1470.